The normalized spacial score (nSPS) is 11.1. The van der Waals surface area contributed by atoms with Gasteiger partial charge in [0.15, 0.2) is 0 Å². The molecule has 0 bridgehead atoms. The van der Waals surface area contributed by atoms with E-state index in [9.17, 15) is 27.7 Å². The predicted octanol–water partition coefficient (Wildman–Crippen LogP) is 3.67. The Labute approximate surface area is 190 Å². The summed E-state index contributed by atoms with van der Waals surface area (Å²) in [5, 5.41) is 13.8. The van der Waals surface area contributed by atoms with Gasteiger partial charge in [-0.1, -0.05) is 30.3 Å². The number of benzene rings is 3. The number of rotatable bonds is 9. The second-order valence-electron chi connectivity index (χ2n) is 7.38. The fourth-order valence-corrected chi connectivity index (χ4v) is 4.04. The lowest BCUT2D eigenvalue weighted by Gasteiger charge is -2.22. The number of hydrogen-bond donors (Lipinski definition) is 1. The van der Waals surface area contributed by atoms with Crippen LogP contribution in [-0.4, -0.2) is 32.0 Å². The van der Waals surface area contributed by atoms with Crippen LogP contribution in [0.5, 0.6) is 0 Å². The highest BCUT2D eigenvalue weighted by atomic mass is 32.2. The topological polar surface area (TPSA) is 110 Å². The van der Waals surface area contributed by atoms with Crippen molar-refractivity contribution in [1.82, 2.24) is 5.32 Å². The van der Waals surface area contributed by atoms with Crippen molar-refractivity contribution >= 4 is 27.3 Å². The molecule has 0 heterocycles. The Morgan fingerprint density at radius 1 is 1.03 bits per heavy atom. The van der Waals surface area contributed by atoms with Crippen molar-refractivity contribution < 1.29 is 22.5 Å². The Bertz CT molecular complexity index is 1250. The molecule has 0 saturated heterocycles. The lowest BCUT2D eigenvalue weighted by molar-refractivity contribution is -0.384. The van der Waals surface area contributed by atoms with E-state index in [2.05, 4.69) is 5.32 Å². The summed E-state index contributed by atoms with van der Waals surface area (Å²) in [6.07, 6.45) is 1.57. The summed E-state index contributed by atoms with van der Waals surface area (Å²) in [5.41, 5.74) is 1.87. The number of carbonyl (C=O) groups excluding carboxylic acids is 1. The van der Waals surface area contributed by atoms with Crippen molar-refractivity contribution in [3.8, 4) is 0 Å². The maximum Gasteiger partial charge on any atom is 0.271 e. The van der Waals surface area contributed by atoms with E-state index in [0.717, 1.165) is 16.1 Å². The Balaban J connectivity index is 1.66. The number of non-ortho nitro benzene ring substituents is 1. The van der Waals surface area contributed by atoms with Crippen molar-refractivity contribution in [1.29, 1.82) is 0 Å². The third-order valence-electron chi connectivity index (χ3n) is 4.88. The Morgan fingerprint density at radius 3 is 2.27 bits per heavy atom. The second-order valence-corrected chi connectivity index (χ2v) is 9.28. The summed E-state index contributed by atoms with van der Waals surface area (Å²) in [4.78, 5) is 22.8. The van der Waals surface area contributed by atoms with Gasteiger partial charge in [-0.2, -0.15) is 0 Å². The molecule has 33 heavy (non-hydrogen) atoms. The number of hydrogen-bond acceptors (Lipinski definition) is 5. The van der Waals surface area contributed by atoms with E-state index in [4.69, 9.17) is 0 Å². The van der Waals surface area contributed by atoms with Gasteiger partial charge in [0.1, 0.15) is 5.82 Å². The number of anilines is 1. The van der Waals surface area contributed by atoms with Gasteiger partial charge in [0.05, 0.1) is 23.4 Å². The number of carbonyl (C=O) groups is 1. The van der Waals surface area contributed by atoms with Crippen molar-refractivity contribution in [2.24, 2.45) is 0 Å². The van der Waals surface area contributed by atoms with Gasteiger partial charge in [0.25, 0.3) is 11.6 Å². The monoisotopic (exact) mass is 471 g/mol. The summed E-state index contributed by atoms with van der Waals surface area (Å²) in [6.45, 7) is 0.327. The van der Waals surface area contributed by atoms with Gasteiger partial charge in [0.2, 0.25) is 10.0 Å². The van der Waals surface area contributed by atoms with E-state index in [1.165, 1.54) is 36.4 Å². The van der Waals surface area contributed by atoms with Crippen molar-refractivity contribution in [2.75, 3.05) is 17.1 Å². The zero-order valence-corrected chi connectivity index (χ0v) is 18.6. The first-order valence-electron chi connectivity index (χ1n) is 9.97. The third kappa shape index (κ3) is 6.59. The predicted molar refractivity (Wildman–Crippen MR) is 123 cm³/mol. The number of nitro groups is 1. The van der Waals surface area contributed by atoms with Crippen LogP contribution < -0.4 is 9.62 Å². The van der Waals surface area contributed by atoms with Gasteiger partial charge in [-0.25, -0.2) is 12.8 Å². The minimum Gasteiger partial charge on any atom is -0.352 e. The summed E-state index contributed by atoms with van der Waals surface area (Å²) in [7, 11) is -3.72. The lowest BCUT2D eigenvalue weighted by atomic mass is 10.1. The summed E-state index contributed by atoms with van der Waals surface area (Å²) in [5.74, 6) is -0.606. The van der Waals surface area contributed by atoms with Gasteiger partial charge in [-0.05, 0) is 47.9 Å². The molecule has 0 radical (unpaired) electrons. The molecule has 0 fully saturated rings. The maximum absolute atomic E-state index is 12.9. The molecule has 0 aliphatic heterocycles. The number of nitrogens with one attached hydrogen (secondary N) is 1. The molecule has 1 amide bonds. The number of halogens is 1. The average molecular weight is 472 g/mol. The molecular formula is C23H22FN3O5S. The van der Waals surface area contributed by atoms with Crippen LogP contribution in [0.1, 0.15) is 21.5 Å². The molecule has 8 nitrogen and oxygen atoms in total. The molecule has 172 valence electrons. The minimum atomic E-state index is -3.72. The quantitative estimate of drug-likeness (QED) is 0.378. The van der Waals surface area contributed by atoms with E-state index in [1.807, 2.05) is 0 Å². The molecule has 0 aromatic heterocycles. The first-order chi connectivity index (χ1) is 15.6. The van der Waals surface area contributed by atoms with Crippen LogP contribution in [0.25, 0.3) is 0 Å². The van der Waals surface area contributed by atoms with Crippen LogP contribution in [0.2, 0.25) is 0 Å². The van der Waals surface area contributed by atoms with E-state index in [-0.39, 0.29) is 29.6 Å². The van der Waals surface area contributed by atoms with Gasteiger partial charge < -0.3 is 5.32 Å². The van der Waals surface area contributed by atoms with Crippen molar-refractivity contribution in [3.63, 3.8) is 0 Å². The van der Waals surface area contributed by atoms with E-state index < -0.39 is 14.9 Å². The molecule has 3 aromatic rings. The van der Waals surface area contributed by atoms with Crippen LogP contribution in [0, 0.1) is 15.9 Å². The number of sulfonamides is 1. The second kappa shape index (κ2) is 10.2. The SMILES string of the molecule is CS(=O)(=O)N(Cc1ccc(C(=O)NCCc2ccc(F)cc2)cc1)c1cccc([N+](=O)[O-])c1. The first-order valence-corrected chi connectivity index (χ1v) is 11.8. The Morgan fingerprint density at radius 2 is 1.67 bits per heavy atom. The fraction of sp³-hybridized carbons (Fsp3) is 0.174. The van der Waals surface area contributed by atoms with Crippen LogP contribution in [0.3, 0.4) is 0 Å². The van der Waals surface area contributed by atoms with Crippen molar-refractivity contribution in [2.45, 2.75) is 13.0 Å². The maximum atomic E-state index is 12.9. The molecule has 0 spiro atoms. The van der Waals surface area contributed by atoms with Gasteiger partial charge in [-0.15, -0.1) is 0 Å². The standard InChI is InChI=1S/C23H22FN3O5S/c1-33(31,32)26(21-3-2-4-22(15-21)27(29)30)16-18-5-9-19(10-6-18)23(28)25-14-13-17-7-11-20(24)12-8-17/h2-12,15H,13-14,16H2,1H3,(H,25,28). The summed E-state index contributed by atoms with van der Waals surface area (Å²) < 4.78 is 38.7. The molecule has 1 N–H and O–H groups in total. The first kappa shape index (κ1) is 23.9. The Hall–Kier alpha value is -3.79. The zero-order chi connectivity index (χ0) is 24.0. The van der Waals surface area contributed by atoms with Crippen molar-refractivity contribution in [3.05, 3.63) is 105 Å². The van der Waals surface area contributed by atoms with E-state index in [0.29, 0.717) is 24.1 Å². The van der Waals surface area contributed by atoms with Crippen LogP contribution in [0.4, 0.5) is 15.8 Å². The number of amides is 1. The smallest absolute Gasteiger partial charge is 0.271 e. The average Bonchev–Trinajstić information content (AvgIpc) is 2.78. The molecular weight excluding hydrogens is 449 g/mol. The lowest BCUT2D eigenvalue weighted by Crippen LogP contribution is -2.29. The highest BCUT2D eigenvalue weighted by Crippen LogP contribution is 2.25. The van der Waals surface area contributed by atoms with E-state index in [1.54, 1.807) is 36.4 Å². The molecule has 3 rings (SSSR count). The van der Waals surface area contributed by atoms with Crippen LogP contribution in [0.15, 0.2) is 72.8 Å². The molecule has 10 heteroatoms. The third-order valence-corrected chi connectivity index (χ3v) is 6.02. The highest BCUT2D eigenvalue weighted by Gasteiger charge is 2.20. The number of nitrogens with zero attached hydrogens (tertiary/aromatic N) is 2. The minimum absolute atomic E-state index is 0.0491. The Kier molecular flexibility index (Phi) is 7.39. The van der Waals surface area contributed by atoms with Gasteiger partial charge in [0, 0.05) is 24.2 Å². The number of nitro benzene ring substituents is 1. The van der Waals surface area contributed by atoms with Gasteiger partial charge in [-0.3, -0.25) is 19.2 Å². The van der Waals surface area contributed by atoms with Gasteiger partial charge >= 0.3 is 0 Å². The fourth-order valence-electron chi connectivity index (χ4n) is 3.16. The zero-order valence-electron chi connectivity index (χ0n) is 17.8. The molecule has 0 aliphatic rings. The molecule has 0 atom stereocenters. The van der Waals surface area contributed by atoms with E-state index >= 15 is 0 Å². The summed E-state index contributed by atoms with van der Waals surface area (Å²) >= 11 is 0. The summed E-state index contributed by atoms with van der Waals surface area (Å²) in [6, 6.07) is 17.9. The van der Waals surface area contributed by atoms with Crippen LogP contribution in [-0.2, 0) is 23.0 Å². The largest absolute Gasteiger partial charge is 0.352 e. The molecule has 0 unspecified atom stereocenters. The van der Waals surface area contributed by atoms with Crippen LogP contribution >= 0.6 is 0 Å². The molecule has 0 aliphatic carbocycles. The molecule has 0 saturated carbocycles. The molecule has 3 aromatic carbocycles. The highest BCUT2D eigenvalue weighted by molar-refractivity contribution is 7.92.